The van der Waals surface area contributed by atoms with Crippen molar-refractivity contribution >= 4 is 11.9 Å². The predicted octanol–water partition coefficient (Wildman–Crippen LogP) is -1.07. The second-order valence-corrected chi connectivity index (χ2v) is 3.50. The largest absolute Gasteiger partial charge is 0.368 e. The maximum absolute atomic E-state index is 10.7. The minimum atomic E-state index is -0.489. The molecule has 0 fully saturated rings. The number of primary amides is 1. The van der Waals surface area contributed by atoms with Gasteiger partial charge in [0.25, 0.3) is 0 Å². The summed E-state index contributed by atoms with van der Waals surface area (Å²) in [6.07, 6.45) is 0. The molecule has 14 heavy (non-hydrogen) atoms. The van der Waals surface area contributed by atoms with Gasteiger partial charge in [-0.15, -0.1) is 0 Å². The number of carbonyl (C=O) groups excluding carboxylic acids is 1. The molecule has 0 radical (unpaired) electrons. The maximum atomic E-state index is 10.7. The van der Waals surface area contributed by atoms with Crippen molar-refractivity contribution in [2.45, 2.75) is 26.8 Å². The lowest BCUT2D eigenvalue weighted by Crippen LogP contribution is -2.50. The predicted molar refractivity (Wildman–Crippen MR) is 56.3 cm³/mol. The van der Waals surface area contributed by atoms with Crippen molar-refractivity contribution in [3.05, 3.63) is 0 Å². The van der Waals surface area contributed by atoms with Crippen LogP contribution in [0.4, 0.5) is 0 Å². The first-order chi connectivity index (χ1) is 6.47. The minimum absolute atomic E-state index is 0.380. The smallest absolute Gasteiger partial charge is 0.239 e. The molecule has 0 saturated heterocycles. The molecule has 0 aromatic rings. The number of aliphatic imine (C=N–C) groups is 1. The highest BCUT2D eigenvalue weighted by atomic mass is 16.1. The Balaban J connectivity index is 4.14. The molecular weight excluding hydrogens is 182 g/mol. The van der Waals surface area contributed by atoms with E-state index in [0.29, 0.717) is 18.4 Å². The maximum Gasteiger partial charge on any atom is 0.239 e. The van der Waals surface area contributed by atoms with Gasteiger partial charge in [-0.25, -0.2) is 5.84 Å². The Morgan fingerprint density at radius 3 is 2.36 bits per heavy atom. The van der Waals surface area contributed by atoms with Crippen molar-refractivity contribution in [2.75, 3.05) is 6.54 Å². The van der Waals surface area contributed by atoms with Gasteiger partial charge in [0.15, 0.2) is 0 Å². The monoisotopic (exact) mass is 201 g/mol. The van der Waals surface area contributed by atoms with Gasteiger partial charge in [-0.1, -0.05) is 13.8 Å². The van der Waals surface area contributed by atoms with Crippen molar-refractivity contribution in [1.82, 2.24) is 10.7 Å². The van der Waals surface area contributed by atoms with Gasteiger partial charge in [0.05, 0.1) is 0 Å². The number of nitrogens with two attached hydrogens (primary N) is 2. The van der Waals surface area contributed by atoms with Gasteiger partial charge in [-0.3, -0.25) is 15.2 Å². The molecule has 0 spiro atoms. The van der Waals surface area contributed by atoms with E-state index in [1.54, 1.807) is 6.92 Å². The van der Waals surface area contributed by atoms with E-state index in [2.05, 4.69) is 15.7 Å². The van der Waals surface area contributed by atoms with Gasteiger partial charge in [0.1, 0.15) is 6.04 Å². The zero-order valence-electron chi connectivity index (χ0n) is 8.87. The van der Waals surface area contributed by atoms with E-state index in [1.165, 1.54) is 0 Å². The topological polar surface area (TPSA) is 106 Å². The molecule has 0 aromatic heterocycles. The van der Waals surface area contributed by atoms with Crippen molar-refractivity contribution in [3.63, 3.8) is 0 Å². The fraction of sp³-hybridized carbons (Fsp3) is 0.750. The van der Waals surface area contributed by atoms with Crippen LogP contribution >= 0.6 is 0 Å². The standard InChI is InChI=1S/C8H19N5O/c1-5(2)4-11-8(13-10)12-6(3)7(9)14/h5-6H,4,10H2,1-3H3,(H2,9,14)(H2,11,12,13). The quantitative estimate of drug-likeness (QED) is 0.201. The summed E-state index contributed by atoms with van der Waals surface area (Å²) < 4.78 is 0. The van der Waals surface area contributed by atoms with E-state index in [9.17, 15) is 4.79 Å². The molecule has 6 heteroatoms. The Morgan fingerprint density at radius 1 is 1.43 bits per heavy atom. The average molecular weight is 201 g/mol. The van der Waals surface area contributed by atoms with Gasteiger partial charge in [0.2, 0.25) is 11.9 Å². The zero-order valence-corrected chi connectivity index (χ0v) is 8.87. The molecule has 6 nitrogen and oxygen atoms in total. The summed E-state index contributed by atoms with van der Waals surface area (Å²) in [7, 11) is 0. The Bertz CT molecular complexity index is 214. The van der Waals surface area contributed by atoms with Gasteiger partial charge in [-0.2, -0.15) is 0 Å². The highest BCUT2D eigenvalue weighted by molar-refractivity contribution is 5.87. The molecule has 0 saturated carbocycles. The highest BCUT2D eigenvalue weighted by Crippen LogP contribution is 1.91. The van der Waals surface area contributed by atoms with Crippen molar-refractivity contribution in [2.24, 2.45) is 22.5 Å². The van der Waals surface area contributed by atoms with Crippen LogP contribution in [-0.4, -0.2) is 24.5 Å². The summed E-state index contributed by atoms with van der Waals surface area (Å²) in [4.78, 5) is 14.9. The number of amides is 1. The van der Waals surface area contributed by atoms with Crippen molar-refractivity contribution in [3.8, 4) is 0 Å². The third-order valence-electron chi connectivity index (χ3n) is 1.53. The van der Waals surface area contributed by atoms with Gasteiger partial charge >= 0.3 is 0 Å². The second-order valence-electron chi connectivity index (χ2n) is 3.50. The molecule has 0 aliphatic heterocycles. The lowest BCUT2D eigenvalue weighted by Gasteiger charge is -2.13. The number of hydrogen-bond donors (Lipinski definition) is 4. The van der Waals surface area contributed by atoms with Crippen LogP contribution in [0, 0.1) is 5.92 Å². The van der Waals surface area contributed by atoms with E-state index >= 15 is 0 Å². The van der Waals surface area contributed by atoms with E-state index in [-0.39, 0.29) is 0 Å². The van der Waals surface area contributed by atoms with Gasteiger partial charge in [-0.05, 0) is 12.8 Å². The van der Waals surface area contributed by atoms with Crippen LogP contribution in [0.5, 0.6) is 0 Å². The van der Waals surface area contributed by atoms with Crippen LogP contribution in [0.1, 0.15) is 20.8 Å². The lowest BCUT2D eigenvalue weighted by atomic mass is 10.2. The third-order valence-corrected chi connectivity index (χ3v) is 1.53. The van der Waals surface area contributed by atoms with Crippen LogP contribution in [0.3, 0.4) is 0 Å². The van der Waals surface area contributed by atoms with Crippen LogP contribution in [-0.2, 0) is 4.79 Å². The number of rotatable bonds is 4. The molecule has 1 amide bonds. The van der Waals surface area contributed by atoms with Crippen LogP contribution in [0.25, 0.3) is 0 Å². The van der Waals surface area contributed by atoms with Crippen molar-refractivity contribution < 1.29 is 4.79 Å². The van der Waals surface area contributed by atoms with Crippen molar-refractivity contribution in [1.29, 1.82) is 0 Å². The van der Waals surface area contributed by atoms with E-state index in [1.807, 2.05) is 13.8 Å². The molecule has 82 valence electrons. The molecule has 0 aromatic carbocycles. The van der Waals surface area contributed by atoms with Gasteiger partial charge < -0.3 is 11.1 Å². The van der Waals surface area contributed by atoms with E-state index < -0.39 is 11.9 Å². The number of hydrogen-bond acceptors (Lipinski definition) is 3. The second kappa shape index (κ2) is 6.20. The molecule has 0 heterocycles. The number of guanidine groups is 1. The zero-order chi connectivity index (χ0) is 11.1. The summed E-state index contributed by atoms with van der Waals surface area (Å²) >= 11 is 0. The fourth-order valence-corrected chi connectivity index (χ4v) is 0.683. The molecule has 6 N–H and O–H groups in total. The summed E-state index contributed by atoms with van der Waals surface area (Å²) in [5, 5.41) is 2.76. The lowest BCUT2D eigenvalue weighted by molar-refractivity contribution is -0.119. The highest BCUT2D eigenvalue weighted by Gasteiger charge is 2.09. The Kier molecular flexibility index (Phi) is 5.62. The molecule has 0 aliphatic carbocycles. The average Bonchev–Trinajstić information content (AvgIpc) is 2.11. The Labute approximate surface area is 84.1 Å². The molecule has 0 aliphatic rings. The van der Waals surface area contributed by atoms with E-state index in [4.69, 9.17) is 11.6 Å². The Morgan fingerprint density at radius 2 is 2.00 bits per heavy atom. The first-order valence-electron chi connectivity index (χ1n) is 4.54. The summed E-state index contributed by atoms with van der Waals surface area (Å²) in [6, 6.07) is -0.489. The SMILES string of the molecule is CC(C)CN=C(NN)NC(C)C(N)=O. The molecular formula is C8H19N5O. The van der Waals surface area contributed by atoms with E-state index in [0.717, 1.165) is 0 Å². The first-order valence-corrected chi connectivity index (χ1v) is 4.54. The third kappa shape index (κ3) is 5.36. The number of hydrazine groups is 1. The molecule has 1 unspecified atom stereocenters. The molecule has 0 bridgehead atoms. The minimum Gasteiger partial charge on any atom is -0.368 e. The normalized spacial score (nSPS) is 13.9. The molecule has 1 atom stereocenters. The number of nitrogens with one attached hydrogen (secondary N) is 2. The summed E-state index contributed by atoms with van der Waals surface area (Å²) in [6.45, 7) is 6.35. The van der Waals surface area contributed by atoms with Crippen LogP contribution in [0.2, 0.25) is 0 Å². The van der Waals surface area contributed by atoms with Crippen LogP contribution in [0.15, 0.2) is 4.99 Å². The molecule has 0 rings (SSSR count). The summed E-state index contributed by atoms with van der Waals surface area (Å²) in [5.41, 5.74) is 7.44. The van der Waals surface area contributed by atoms with Gasteiger partial charge in [0, 0.05) is 6.54 Å². The summed E-state index contributed by atoms with van der Waals surface area (Å²) in [5.74, 6) is 5.58. The fourth-order valence-electron chi connectivity index (χ4n) is 0.683. The number of nitrogens with zero attached hydrogens (tertiary/aromatic N) is 1. The first kappa shape index (κ1) is 12.7. The van der Waals surface area contributed by atoms with Crippen LogP contribution < -0.4 is 22.3 Å². The Hall–Kier alpha value is -1.30. The number of carbonyl (C=O) groups is 1.